The quantitative estimate of drug-likeness (QED) is 0.0252. The summed E-state index contributed by atoms with van der Waals surface area (Å²) in [6.07, 6.45) is -14.8. The standard InChI is InChI=1S/C60H69NO18Si/c1-12-31-70-58-47(61-53(65)42-15-13-14-16-43(42)54(61)66)50(48(73-38(6)63)45(74-58)33-72-80(10,11)60(7,8)9)79-59-52(78-57(69)41-28-21-36(4)22-29-41)51(77-56(68)40-26-19-35(3)20-27-40)49(76-55(67)39-24-17-34(2)18-25-39)44(75-59)32-71-46(64)30-23-37(5)62/h12-22,24-29,44-45,47-52,58-59H,1,23,30-33H2,2-11H3/t44-,45-,47-,48+,49-,50-,51+,52-,58-,59+/m1/s1. The summed E-state index contributed by atoms with van der Waals surface area (Å²) in [5.74, 6) is -6.56. The Kier molecular flexibility index (Phi) is 19.6. The second-order valence-electron chi connectivity index (χ2n) is 21.6. The van der Waals surface area contributed by atoms with E-state index in [-0.39, 0.29) is 64.7 Å². The zero-order chi connectivity index (χ0) is 58.2. The molecule has 0 N–H and O–H groups in total. The van der Waals surface area contributed by atoms with Gasteiger partial charge >= 0.3 is 29.8 Å². The van der Waals surface area contributed by atoms with Gasteiger partial charge in [0.2, 0.25) is 0 Å². The number of Topliss-reactive ketones (excluding diaryl/α,β-unsaturated/α-hetero) is 1. The largest absolute Gasteiger partial charge is 0.463 e. The number of imide groups is 1. The molecule has 0 aliphatic carbocycles. The molecule has 80 heavy (non-hydrogen) atoms. The van der Waals surface area contributed by atoms with Crippen molar-refractivity contribution in [1.82, 2.24) is 4.90 Å². The van der Waals surface area contributed by atoms with Gasteiger partial charge in [0.1, 0.15) is 36.7 Å². The summed E-state index contributed by atoms with van der Waals surface area (Å²) < 4.78 is 64.4. The van der Waals surface area contributed by atoms with E-state index in [4.69, 9.17) is 47.1 Å². The van der Waals surface area contributed by atoms with Gasteiger partial charge in [0.05, 0.1) is 47.5 Å². The molecule has 10 atom stereocenters. The van der Waals surface area contributed by atoms with Crippen molar-refractivity contribution in [2.24, 2.45) is 0 Å². The van der Waals surface area contributed by atoms with Crippen LogP contribution in [0, 0.1) is 20.8 Å². The second-order valence-corrected chi connectivity index (χ2v) is 26.4. The van der Waals surface area contributed by atoms with E-state index < -0.39 is 118 Å². The summed E-state index contributed by atoms with van der Waals surface area (Å²) in [6.45, 7) is 20.5. The number of rotatable bonds is 21. The van der Waals surface area contributed by atoms with Crippen molar-refractivity contribution in [2.45, 2.75) is 148 Å². The molecule has 2 saturated heterocycles. The van der Waals surface area contributed by atoms with E-state index in [2.05, 4.69) is 6.58 Å². The van der Waals surface area contributed by atoms with Gasteiger partial charge in [-0.1, -0.05) is 92.1 Å². The van der Waals surface area contributed by atoms with Crippen molar-refractivity contribution in [3.05, 3.63) is 154 Å². The van der Waals surface area contributed by atoms with Crippen LogP contribution in [0.3, 0.4) is 0 Å². The average molecular weight is 1120 g/mol. The Labute approximate surface area is 466 Å². The predicted molar refractivity (Wildman–Crippen MR) is 290 cm³/mol. The fraction of sp³-hybridized carbons (Fsp3) is 0.433. The molecular formula is C60H69NO18Si. The van der Waals surface area contributed by atoms with Gasteiger partial charge in [0.15, 0.2) is 45.3 Å². The number of nitrogens with zero attached hydrogens (tertiary/aromatic N) is 1. The van der Waals surface area contributed by atoms with E-state index in [1.807, 2.05) is 54.6 Å². The molecule has 0 spiro atoms. The highest BCUT2D eigenvalue weighted by molar-refractivity contribution is 6.74. The third-order valence-electron chi connectivity index (χ3n) is 14.4. The molecule has 4 aromatic rings. The van der Waals surface area contributed by atoms with Crippen LogP contribution in [0.5, 0.6) is 0 Å². The van der Waals surface area contributed by atoms with Crippen LogP contribution in [0.15, 0.2) is 110 Å². The lowest BCUT2D eigenvalue weighted by atomic mass is 9.93. The monoisotopic (exact) mass is 1120 g/mol. The SMILES string of the molecule is C=CCO[C@@H]1O[C@H](CO[Si](C)(C)C(C)(C)C)[C@H](OC(C)=O)[C@H](O[C@@H]2O[C@H](COC(=O)CCC(C)=O)[C@@H](OC(=O)c3ccc(C)cc3)[C@H](OC(=O)c3ccc(C)cc3)[C@H]2OC(=O)c2ccc(C)cc2)[C@H]1N1C(=O)c2ccccc2C1=O. The van der Waals surface area contributed by atoms with Gasteiger partial charge in [-0.05, 0) is 94.4 Å². The van der Waals surface area contributed by atoms with Crippen molar-refractivity contribution in [2.75, 3.05) is 19.8 Å². The number of aryl methyl sites for hydroxylation is 3. The summed E-state index contributed by atoms with van der Waals surface area (Å²) in [4.78, 5) is 113. The minimum Gasteiger partial charge on any atom is -0.463 e. The molecule has 2 fully saturated rings. The van der Waals surface area contributed by atoms with Gasteiger partial charge in [0, 0.05) is 13.3 Å². The topological polar surface area (TPSA) is 232 Å². The number of ether oxygens (including phenoxy) is 9. The summed E-state index contributed by atoms with van der Waals surface area (Å²) in [5.41, 5.74) is 2.56. The number of hydrogen-bond acceptors (Lipinski definition) is 18. The lowest BCUT2D eigenvalue weighted by Crippen LogP contribution is -2.70. The van der Waals surface area contributed by atoms with Crippen molar-refractivity contribution in [1.29, 1.82) is 0 Å². The number of esters is 5. The molecule has 3 aliphatic heterocycles. The van der Waals surface area contributed by atoms with Gasteiger partial charge in [0.25, 0.3) is 11.8 Å². The van der Waals surface area contributed by atoms with E-state index in [9.17, 15) is 38.4 Å². The molecule has 7 rings (SSSR count). The number of benzene rings is 4. The van der Waals surface area contributed by atoms with Crippen LogP contribution in [0.25, 0.3) is 0 Å². The second kappa shape index (κ2) is 25.9. The summed E-state index contributed by atoms with van der Waals surface area (Å²) in [6, 6.07) is 23.4. The molecule has 426 valence electrons. The maximum Gasteiger partial charge on any atom is 0.338 e. The highest BCUT2D eigenvalue weighted by atomic mass is 28.4. The van der Waals surface area contributed by atoms with Crippen LogP contribution < -0.4 is 0 Å². The maximum atomic E-state index is 14.8. The molecule has 19 nitrogen and oxygen atoms in total. The van der Waals surface area contributed by atoms with Gasteiger partial charge in [-0.2, -0.15) is 0 Å². The normalized spacial score (nSPS) is 23.8. The van der Waals surface area contributed by atoms with Crippen LogP contribution >= 0.6 is 0 Å². The molecule has 0 unspecified atom stereocenters. The fourth-order valence-corrected chi connectivity index (χ4v) is 9.93. The van der Waals surface area contributed by atoms with Crippen molar-refractivity contribution < 1.29 is 85.4 Å². The molecular weight excluding hydrogens is 1050 g/mol. The highest BCUT2D eigenvalue weighted by Gasteiger charge is 2.60. The van der Waals surface area contributed by atoms with Crippen LogP contribution in [0.2, 0.25) is 18.1 Å². The van der Waals surface area contributed by atoms with E-state index >= 15 is 0 Å². The van der Waals surface area contributed by atoms with Crippen LogP contribution in [-0.4, -0.2) is 142 Å². The first-order chi connectivity index (χ1) is 37.9. The van der Waals surface area contributed by atoms with E-state index in [0.717, 1.165) is 28.5 Å². The molecule has 4 aromatic carbocycles. The Hall–Kier alpha value is -7.20. The number of hydrogen-bond donors (Lipinski definition) is 0. The first-order valence-corrected chi connectivity index (χ1v) is 29.2. The van der Waals surface area contributed by atoms with Crippen molar-refractivity contribution in [3.63, 3.8) is 0 Å². The number of carbonyl (C=O) groups excluding carboxylic acids is 8. The van der Waals surface area contributed by atoms with E-state index in [1.54, 1.807) is 48.5 Å². The van der Waals surface area contributed by atoms with E-state index in [0.29, 0.717) is 0 Å². The molecule has 3 heterocycles. The lowest BCUT2D eigenvalue weighted by molar-refractivity contribution is -0.347. The Balaban J connectivity index is 1.45. The van der Waals surface area contributed by atoms with Crippen molar-refractivity contribution >= 4 is 55.8 Å². The van der Waals surface area contributed by atoms with Crippen LogP contribution in [0.1, 0.15) is 116 Å². The highest BCUT2D eigenvalue weighted by Crippen LogP contribution is 2.41. The first kappa shape index (κ1) is 60.4. The predicted octanol–water partition coefficient (Wildman–Crippen LogP) is 8.16. The number of ketones is 1. The molecule has 0 saturated carbocycles. The Morgan fingerprint density at radius 3 is 1.51 bits per heavy atom. The Morgan fingerprint density at radius 1 is 0.600 bits per heavy atom. The minimum atomic E-state index is -2.66. The van der Waals surface area contributed by atoms with Crippen LogP contribution in [-0.2, 0) is 61.4 Å². The fourth-order valence-electron chi connectivity index (χ4n) is 8.92. The minimum absolute atomic E-state index is 0.0150. The number of fused-ring (bicyclic) bond motifs is 1. The maximum absolute atomic E-state index is 14.8. The number of carbonyl (C=O) groups is 8. The summed E-state index contributed by atoms with van der Waals surface area (Å²) in [7, 11) is -2.66. The molecule has 0 aromatic heterocycles. The zero-order valence-corrected chi connectivity index (χ0v) is 47.6. The third-order valence-corrected chi connectivity index (χ3v) is 18.9. The molecule has 0 bridgehead atoms. The zero-order valence-electron chi connectivity index (χ0n) is 46.6. The van der Waals surface area contributed by atoms with Gasteiger partial charge in [-0.15, -0.1) is 6.58 Å². The van der Waals surface area contributed by atoms with Gasteiger partial charge in [-0.3, -0.25) is 24.1 Å². The smallest absolute Gasteiger partial charge is 0.338 e. The molecule has 3 aliphatic rings. The van der Waals surface area contributed by atoms with Crippen LogP contribution in [0.4, 0.5) is 0 Å². The Morgan fingerprint density at radius 2 is 1.05 bits per heavy atom. The van der Waals surface area contributed by atoms with Gasteiger partial charge in [-0.25, -0.2) is 14.4 Å². The van der Waals surface area contributed by atoms with Gasteiger partial charge < -0.3 is 51.9 Å². The average Bonchev–Trinajstić information content (AvgIpc) is 3.71. The van der Waals surface area contributed by atoms with E-state index in [1.165, 1.54) is 61.5 Å². The summed E-state index contributed by atoms with van der Waals surface area (Å²) >= 11 is 0. The third kappa shape index (κ3) is 14.4. The lowest BCUT2D eigenvalue weighted by Gasteiger charge is -2.51. The Bertz CT molecular complexity index is 2900. The first-order valence-electron chi connectivity index (χ1n) is 26.3. The number of amides is 2. The van der Waals surface area contributed by atoms with Crippen molar-refractivity contribution in [3.8, 4) is 0 Å². The molecule has 20 heteroatoms. The summed E-state index contributed by atoms with van der Waals surface area (Å²) in [5, 5.41) is -0.338. The molecule has 0 radical (unpaired) electrons. The molecule has 2 amide bonds.